The maximum atomic E-state index is 11.7. The second-order valence-corrected chi connectivity index (χ2v) is 8.38. The van der Waals surface area contributed by atoms with Gasteiger partial charge in [-0.3, -0.25) is 14.7 Å². The Morgan fingerprint density at radius 2 is 1.71 bits per heavy atom. The average molecular weight is 546 g/mol. The Morgan fingerprint density at radius 1 is 1.10 bits per heavy atom. The summed E-state index contributed by atoms with van der Waals surface area (Å²) in [6.07, 6.45) is 3.05. The quantitative estimate of drug-likeness (QED) is 0.214. The van der Waals surface area contributed by atoms with Crippen molar-refractivity contribution in [3.63, 3.8) is 0 Å². The molecule has 2 rings (SSSR count). The minimum atomic E-state index is -0.0467. The lowest BCUT2D eigenvalue weighted by atomic mass is 10.1. The minimum Gasteiger partial charge on any atom is -0.484 e. The molecule has 176 valence electrons. The van der Waals surface area contributed by atoms with E-state index in [1.54, 1.807) is 7.05 Å². The first kappa shape index (κ1) is 27.5. The molecule has 1 aromatic rings. The third-order valence-electron chi connectivity index (χ3n) is 5.15. The van der Waals surface area contributed by atoms with Gasteiger partial charge >= 0.3 is 0 Å². The van der Waals surface area contributed by atoms with Gasteiger partial charge in [-0.1, -0.05) is 12.1 Å². The van der Waals surface area contributed by atoms with Gasteiger partial charge in [-0.05, 0) is 64.7 Å². The Morgan fingerprint density at radius 3 is 2.26 bits per heavy atom. The van der Waals surface area contributed by atoms with Crippen LogP contribution in [0.5, 0.6) is 5.75 Å². The second-order valence-electron chi connectivity index (χ2n) is 8.38. The summed E-state index contributed by atoms with van der Waals surface area (Å²) >= 11 is 0. The minimum absolute atomic E-state index is 0. The molecule has 7 nitrogen and oxygen atoms in total. The van der Waals surface area contributed by atoms with Crippen LogP contribution >= 0.6 is 24.0 Å². The number of nitrogens with one attached hydrogen (secondary N) is 3. The number of carbonyl (C=O) groups excluding carboxylic acids is 1. The number of aliphatic imine (C=N–C) groups is 1. The summed E-state index contributed by atoms with van der Waals surface area (Å²) in [6, 6.07) is 9.33. The predicted molar refractivity (Wildman–Crippen MR) is 139 cm³/mol. The van der Waals surface area contributed by atoms with Gasteiger partial charge in [-0.15, -0.1) is 24.0 Å². The fraction of sp³-hybridized carbons (Fsp3) is 0.652. The van der Waals surface area contributed by atoms with Gasteiger partial charge in [-0.2, -0.15) is 0 Å². The maximum Gasteiger partial charge on any atom is 0.258 e. The fourth-order valence-corrected chi connectivity index (χ4v) is 3.36. The average Bonchev–Trinajstić information content (AvgIpc) is 3.52. The lowest BCUT2D eigenvalue weighted by Gasteiger charge is -2.30. The number of amides is 1. The van der Waals surface area contributed by atoms with E-state index in [0.29, 0.717) is 18.1 Å². The van der Waals surface area contributed by atoms with Gasteiger partial charge in [0.25, 0.3) is 5.91 Å². The zero-order valence-electron chi connectivity index (χ0n) is 19.6. The molecule has 0 heterocycles. The van der Waals surface area contributed by atoms with E-state index in [9.17, 15) is 4.79 Å². The molecule has 0 atom stereocenters. The van der Waals surface area contributed by atoms with Gasteiger partial charge in [0.05, 0.1) is 0 Å². The van der Waals surface area contributed by atoms with Gasteiger partial charge in [-0.25, -0.2) is 0 Å². The first-order valence-corrected chi connectivity index (χ1v) is 11.1. The van der Waals surface area contributed by atoms with E-state index in [1.165, 1.54) is 5.56 Å². The third-order valence-corrected chi connectivity index (χ3v) is 5.15. The number of benzene rings is 1. The molecule has 3 N–H and O–H groups in total. The van der Waals surface area contributed by atoms with Gasteiger partial charge in [0.15, 0.2) is 12.6 Å². The number of nitrogens with zero attached hydrogens (tertiary/aromatic N) is 2. The van der Waals surface area contributed by atoms with Crippen molar-refractivity contribution in [1.82, 2.24) is 20.9 Å². The van der Waals surface area contributed by atoms with Gasteiger partial charge in [0.1, 0.15) is 5.75 Å². The molecular formula is C23H40IN5O2. The zero-order valence-corrected chi connectivity index (χ0v) is 21.9. The van der Waals surface area contributed by atoms with Crippen molar-refractivity contribution in [3.05, 3.63) is 29.8 Å². The normalized spacial score (nSPS) is 13.9. The van der Waals surface area contributed by atoms with Crippen LogP contribution in [-0.2, 0) is 11.2 Å². The molecule has 0 aromatic heterocycles. The first-order valence-electron chi connectivity index (χ1n) is 11.1. The Hall–Kier alpha value is -1.55. The Labute approximate surface area is 204 Å². The zero-order chi connectivity index (χ0) is 21.9. The van der Waals surface area contributed by atoms with Crippen molar-refractivity contribution in [2.24, 2.45) is 4.99 Å². The van der Waals surface area contributed by atoms with E-state index in [-0.39, 0.29) is 36.5 Å². The highest BCUT2D eigenvalue weighted by atomic mass is 127. The molecule has 1 fully saturated rings. The molecule has 1 aliphatic carbocycles. The summed E-state index contributed by atoms with van der Waals surface area (Å²) in [6.45, 7) is 11.6. The highest BCUT2D eigenvalue weighted by Gasteiger charge is 2.23. The lowest BCUT2D eigenvalue weighted by Crippen LogP contribution is -2.45. The summed E-state index contributed by atoms with van der Waals surface area (Å²) in [5.74, 6) is 1.49. The van der Waals surface area contributed by atoms with Crippen molar-refractivity contribution < 1.29 is 9.53 Å². The molecule has 1 amide bonds. The molecule has 1 aliphatic rings. The van der Waals surface area contributed by atoms with Gasteiger partial charge in [0.2, 0.25) is 0 Å². The number of carbonyl (C=O) groups is 1. The monoisotopic (exact) mass is 545 g/mol. The lowest BCUT2D eigenvalue weighted by molar-refractivity contribution is -0.123. The van der Waals surface area contributed by atoms with Crippen LogP contribution in [0, 0.1) is 0 Å². The number of ether oxygens (including phenoxy) is 1. The second kappa shape index (κ2) is 14.5. The third kappa shape index (κ3) is 11.0. The largest absolute Gasteiger partial charge is 0.484 e. The highest BCUT2D eigenvalue weighted by Crippen LogP contribution is 2.18. The molecule has 0 saturated heterocycles. The summed E-state index contributed by atoms with van der Waals surface area (Å²) in [4.78, 5) is 18.4. The summed E-state index contributed by atoms with van der Waals surface area (Å²) < 4.78 is 5.55. The van der Waals surface area contributed by atoms with Crippen molar-refractivity contribution in [2.75, 3.05) is 33.3 Å². The summed E-state index contributed by atoms with van der Waals surface area (Å²) in [5.41, 5.74) is 1.21. The predicted octanol–water partition coefficient (Wildman–Crippen LogP) is 2.79. The van der Waals surface area contributed by atoms with Crippen LogP contribution in [0.2, 0.25) is 0 Å². The van der Waals surface area contributed by atoms with E-state index in [0.717, 1.165) is 50.6 Å². The van der Waals surface area contributed by atoms with E-state index in [1.807, 2.05) is 24.3 Å². The standard InChI is InChI=1S/C23H39N5O2.HI/c1-17(2)28(18(3)4)15-14-26-23(24-5)25-13-12-19-6-10-21(11-7-19)30-16-22(29)27-20-8-9-20;/h6-7,10-11,17-18,20H,8-9,12-16H2,1-5H3,(H,27,29)(H2,24,25,26);1H. The maximum absolute atomic E-state index is 11.7. The number of guanidine groups is 1. The van der Waals surface area contributed by atoms with E-state index in [2.05, 4.69) is 53.5 Å². The van der Waals surface area contributed by atoms with Crippen LogP contribution in [-0.4, -0.2) is 68.2 Å². The highest BCUT2D eigenvalue weighted by molar-refractivity contribution is 14.0. The topological polar surface area (TPSA) is 78.0 Å². The Bertz CT molecular complexity index is 667. The van der Waals surface area contributed by atoms with E-state index >= 15 is 0 Å². The number of hydrogen-bond acceptors (Lipinski definition) is 4. The Kier molecular flexibility index (Phi) is 12.9. The van der Waals surface area contributed by atoms with Crippen LogP contribution in [0.25, 0.3) is 0 Å². The molecule has 31 heavy (non-hydrogen) atoms. The van der Waals surface area contributed by atoms with Gasteiger partial charge < -0.3 is 20.7 Å². The van der Waals surface area contributed by atoms with Crippen LogP contribution in [0.1, 0.15) is 46.1 Å². The molecule has 8 heteroatoms. The molecule has 0 spiro atoms. The van der Waals surface area contributed by atoms with Crippen LogP contribution in [0.15, 0.2) is 29.3 Å². The molecule has 0 bridgehead atoms. The van der Waals surface area contributed by atoms with Gasteiger partial charge in [0, 0.05) is 44.8 Å². The molecule has 1 aromatic carbocycles. The first-order chi connectivity index (χ1) is 14.4. The van der Waals surface area contributed by atoms with Crippen molar-refractivity contribution in [1.29, 1.82) is 0 Å². The van der Waals surface area contributed by atoms with Crippen molar-refractivity contribution >= 4 is 35.8 Å². The van der Waals surface area contributed by atoms with Crippen molar-refractivity contribution in [2.45, 2.75) is 65.1 Å². The SMILES string of the molecule is CN=C(NCCc1ccc(OCC(=O)NC2CC2)cc1)NCCN(C(C)C)C(C)C.I. The molecular weight excluding hydrogens is 505 g/mol. The van der Waals surface area contributed by atoms with Crippen LogP contribution in [0.3, 0.4) is 0 Å². The Balaban J connectivity index is 0.00000480. The van der Waals surface area contributed by atoms with Crippen LogP contribution in [0.4, 0.5) is 0 Å². The molecule has 1 saturated carbocycles. The summed E-state index contributed by atoms with van der Waals surface area (Å²) in [5, 5.41) is 9.67. The fourth-order valence-electron chi connectivity index (χ4n) is 3.36. The molecule has 0 radical (unpaired) electrons. The number of rotatable bonds is 12. The van der Waals surface area contributed by atoms with E-state index in [4.69, 9.17) is 4.74 Å². The van der Waals surface area contributed by atoms with Crippen LogP contribution < -0.4 is 20.7 Å². The van der Waals surface area contributed by atoms with Crippen molar-refractivity contribution in [3.8, 4) is 5.75 Å². The number of halogens is 1. The number of hydrogen-bond donors (Lipinski definition) is 3. The smallest absolute Gasteiger partial charge is 0.258 e. The molecule has 0 aliphatic heterocycles. The molecule has 0 unspecified atom stereocenters. The summed E-state index contributed by atoms with van der Waals surface area (Å²) in [7, 11) is 1.80. The van der Waals surface area contributed by atoms with E-state index < -0.39 is 0 Å².